The maximum absolute atomic E-state index is 13.1. The van der Waals surface area contributed by atoms with Gasteiger partial charge in [-0.15, -0.1) is 0 Å². The molecular formula is C24H36N2O4. The van der Waals surface area contributed by atoms with Crippen LogP contribution in [-0.2, 0) is 20.7 Å². The van der Waals surface area contributed by atoms with Crippen molar-refractivity contribution in [3.8, 4) is 0 Å². The number of amides is 2. The summed E-state index contributed by atoms with van der Waals surface area (Å²) < 4.78 is 5.41. The van der Waals surface area contributed by atoms with Crippen LogP contribution < -0.4 is 10.6 Å². The summed E-state index contributed by atoms with van der Waals surface area (Å²) in [7, 11) is 0. The number of carbonyl (C=O) groups excluding carboxylic acids is 3. The maximum atomic E-state index is 13.1. The van der Waals surface area contributed by atoms with Crippen molar-refractivity contribution in [1.82, 2.24) is 10.6 Å². The van der Waals surface area contributed by atoms with Crippen molar-refractivity contribution in [2.45, 2.75) is 83.9 Å². The number of carbonyl (C=O) groups is 3. The first-order valence-corrected chi connectivity index (χ1v) is 11.0. The molecule has 30 heavy (non-hydrogen) atoms. The topological polar surface area (TPSA) is 84.5 Å². The van der Waals surface area contributed by atoms with Crippen molar-refractivity contribution in [2.24, 2.45) is 11.8 Å². The lowest BCUT2D eigenvalue weighted by molar-refractivity contribution is -0.130. The molecule has 4 atom stereocenters. The van der Waals surface area contributed by atoms with Gasteiger partial charge in [0.1, 0.15) is 11.9 Å². The summed E-state index contributed by atoms with van der Waals surface area (Å²) in [5.74, 6) is -0.350. The molecule has 1 saturated carbocycles. The minimum Gasteiger partial charge on any atom is -0.444 e. The number of ether oxygens (including phenoxy) is 1. The van der Waals surface area contributed by atoms with Gasteiger partial charge in [0.2, 0.25) is 5.91 Å². The molecule has 1 aromatic carbocycles. The number of nitrogens with one attached hydrogen (secondary N) is 2. The molecule has 1 aliphatic rings. The third kappa shape index (κ3) is 7.47. The number of aldehydes is 1. The van der Waals surface area contributed by atoms with E-state index in [4.69, 9.17) is 4.74 Å². The largest absolute Gasteiger partial charge is 0.444 e. The molecule has 0 radical (unpaired) electrons. The normalized spacial score (nSPS) is 21.2. The fraction of sp³-hybridized carbons (Fsp3) is 0.625. The highest BCUT2D eigenvalue weighted by molar-refractivity contribution is 5.82. The SMILES string of the molecule is CC[C@H](C(=O)N[C@H](C=O)Cc1ccccc1)[C@@H]1CCCC[C@@H]1NC(=O)OC(C)(C)C. The summed E-state index contributed by atoms with van der Waals surface area (Å²) in [5, 5.41) is 5.92. The van der Waals surface area contributed by atoms with Crippen LogP contribution in [0.2, 0.25) is 0 Å². The molecule has 0 bridgehead atoms. The number of hydrogen-bond acceptors (Lipinski definition) is 4. The Bertz CT molecular complexity index is 699. The zero-order valence-corrected chi connectivity index (χ0v) is 18.6. The standard InChI is InChI=1S/C24H36N2O4/c1-5-19(22(28)25-18(16-27)15-17-11-7-6-8-12-17)20-13-9-10-14-21(20)26-23(29)30-24(2,3)4/h6-8,11-12,16,18-21H,5,9-10,13-15H2,1-4H3,(H,25,28)(H,26,29)/t18-,19-,20-,21-/m0/s1. The minimum atomic E-state index is -0.565. The molecule has 2 amide bonds. The summed E-state index contributed by atoms with van der Waals surface area (Å²) in [4.78, 5) is 37.0. The molecule has 0 heterocycles. The van der Waals surface area contributed by atoms with Crippen LogP contribution in [0.15, 0.2) is 30.3 Å². The molecule has 2 N–H and O–H groups in total. The fourth-order valence-corrected chi connectivity index (χ4v) is 4.25. The van der Waals surface area contributed by atoms with Crippen LogP contribution in [-0.4, -0.2) is 36.0 Å². The Kier molecular flexibility index (Phi) is 8.88. The Morgan fingerprint density at radius 2 is 1.83 bits per heavy atom. The van der Waals surface area contributed by atoms with Gasteiger partial charge >= 0.3 is 6.09 Å². The predicted octanol–water partition coefficient (Wildman–Crippen LogP) is 4.02. The lowest BCUT2D eigenvalue weighted by Crippen LogP contribution is -2.50. The van der Waals surface area contributed by atoms with Gasteiger partial charge in [0.25, 0.3) is 0 Å². The Balaban J connectivity index is 2.03. The van der Waals surface area contributed by atoms with Gasteiger partial charge in [0.15, 0.2) is 0 Å². The predicted molar refractivity (Wildman–Crippen MR) is 117 cm³/mol. The van der Waals surface area contributed by atoms with E-state index in [-0.39, 0.29) is 23.8 Å². The van der Waals surface area contributed by atoms with Crippen molar-refractivity contribution >= 4 is 18.3 Å². The van der Waals surface area contributed by atoms with Crippen molar-refractivity contribution in [2.75, 3.05) is 0 Å². The zero-order chi connectivity index (χ0) is 22.1. The smallest absolute Gasteiger partial charge is 0.407 e. The van der Waals surface area contributed by atoms with Crippen LogP contribution in [0.3, 0.4) is 0 Å². The molecule has 0 aliphatic heterocycles. The van der Waals surface area contributed by atoms with E-state index in [0.717, 1.165) is 37.5 Å². The first kappa shape index (κ1) is 23.9. The molecule has 1 fully saturated rings. The molecule has 166 valence electrons. The summed E-state index contributed by atoms with van der Waals surface area (Å²) in [5.41, 5.74) is 0.440. The van der Waals surface area contributed by atoms with Gasteiger partial charge in [-0.2, -0.15) is 0 Å². The molecule has 6 nitrogen and oxygen atoms in total. The maximum Gasteiger partial charge on any atom is 0.407 e. The second kappa shape index (κ2) is 11.1. The van der Waals surface area contributed by atoms with Crippen LogP contribution in [0.5, 0.6) is 0 Å². The van der Waals surface area contributed by atoms with E-state index >= 15 is 0 Å². The van der Waals surface area contributed by atoms with E-state index in [9.17, 15) is 14.4 Å². The van der Waals surface area contributed by atoms with Gasteiger partial charge in [-0.05, 0) is 57.9 Å². The van der Waals surface area contributed by atoms with Crippen LogP contribution in [0.25, 0.3) is 0 Å². The average Bonchev–Trinajstić information content (AvgIpc) is 2.68. The number of hydrogen-bond donors (Lipinski definition) is 2. The summed E-state index contributed by atoms with van der Waals surface area (Å²) in [6, 6.07) is 8.99. The Hall–Kier alpha value is -2.37. The van der Waals surface area contributed by atoms with E-state index in [2.05, 4.69) is 10.6 Å². The monoisotopic (exact) mass is 416 g/mol. The highest BCUT2D eigenvalue weighted by Crippen LogP contribution is 2.33. The number of rotatable bonds is 8. The Labute approximate surface area is 180 Å². The van der Waals surface area contributed by atoms with Gasteiger partial charge in [-0.3, -0.25) is 4.79 Å². The summed E-state index contributed by atoms with van der Waals surface area (Å²) in [6.07, 6.45) is 5.23. The highest BCUT2D eigenvalue weighted by atomic mass is 16.6. The summed E-state index contributed by atoms with van der Waals surface area (Å²) >= 11 is 0. The third-order valence-corrected chi connectivity index (χ3v) is 5.61. The number of benzene rings is 1. The molecule has 0 spiro atoms. The van der Waals surface area contributed by atoms with E-state index < -0.39 is 17.7 Å². The molecule has 1 aromatic rings. The van der Waals surface area contributed by atoms with Crippen molar-refractivity contribution in [3.05, 3.63) is 35.9 Å². The van der Waals surface area contributed by atoms with Gasteiger partial charge in [0, 0.05) is 12.0 Å². The van der Waals surface area contributed by atoms with E-state index in [1.165, 1.54) is 0 Å². The second-order valence-corrected chi connectivity index (χ2v) is 9.16. The molecule has 0 unspecified atom stereocenters. The van der Waals surface area contributed by atoms with Crippen molar-refractivity contribution in [3.63, 3.8) is 0 Å². The first-order valence-electron chi connectivity index (χ1n) is 11.0. The fourth-order valence-electron chi connectivity index (χ4n) is 4.25. The van der Waals surface area contributed by atoms with E-state index in [0.29, 0.717) is 12.8 Å². The van der Waals surface area contributed by atoms with E-state index in [1.807, 2.05) is 58.0 Å². The molecule has 0 aromatic heterocycles. The van der Waals surface area contributed by atoms with Gasteiger partial charge < -0.3 is 20.2 Å². The van der Waals surface area contributed by atoms with Crippen molar-refractivity contribution < 1.29 is 19.1 Å². The highest BCUT2D eigenvalue weighted by Gasteiger charge is 2.37. The average molecular weight is 417 g/mol. The van der Waals surface area contributed by atoms with Crippen LogP contribution in [0.1, 0.15) is 65.4 Å². The van der Waals surface area contributed by atoms with Crippen LogP contribution in [0.4, 0.5) is 4.79 Å². The van der Waals surface area contributed by atoms with Gasteiger partial charge in [-0.1, -0.05) is 50.1 Å². The van der Waals surface area contributed by atoms with Crippen LogP contribution in [0, 0.1) is 11.8 Å². The molecule has 0 saturated heterocycles. The first-order chi connectivity index (χ1) is 14.2. The Morgan fingerprint density at radius 3 is 2.43 bits per heavy atom. The Morgan fingerprint density at radius 1 is 1.17 bits per heavy atom. The van der Waals surface area contributed by atoms with E-state index in [1.54, 1.807) is 0 Å². The van der Waals surface area contributed by atoms with Crippen molar-refractivity contribution in [1.29, 1.82) is 0 Å². The molecule has 2 rings (SSSR count). The number of alkyl carbamates (subject to hydrolysis) is 1. The molecule has 1 aliphatic carbocycles. The second-order valence-electron chi connectivity index (χ2n) is 9.16. The zero-order valence-electron chi connectivity index (χ0n) is 18.6. The molecule has 6 heteroatoms. The quantitative estimate of drug-likeness (QED) is 0.627. The lowest BCUT2D eigenvalue weighted by Gasteiger charge is -2.37. The third-order valence-electron chi connectivity index (χ3n) is 5.61. The lowest BCUT2D eigenvalue weighted by atomic mass is 9.75. The molecular weight excluding hydrogens is 380 g/mol. The van der Waals surface area contributed by atoms with Gasteiger partial charge in [0.05, 0.1) is 6.04 Å². The van der Waals surface area contributed by atoms with Gasteiger partial charge in [-0.25, -0.2) is 4.79 Å². The minimum absolute atomic E-state index is 0.0281. The summed E-state index contributed by atoms with van der Waals surface area (Å²) in [6.45, 7) is 7.48. The van der Waals surface area contributed by atoms with Crippen LogP contribution >= 0.6 is 0 Å².